The van der Waals surface area contributed by atoms with Gasteiger partial charge in [0.25, 0.3) is 0 Å². The molecular formula is C12H12O2. The molecule has 0 aromatic heterocycles. The molecule has 0 unspecified atom stereocenters. The Balaban J connectivity index is 1.97. The first-order valence-corrected chi connectivity index (χ1v) is 4.77. The monoisotopic (exact) mass is 188 g/mol. The molecule has 2 nitrogen and oxygen atoms in total. The van der Waals surface area contributed by atoms with E-state index in [0.29, 0.717) is 6.42 Å². The minimum absolute atomic E-state index is 0.0253. The first-order chi connectivity index (χ1) is 6.84. The fraction of sp³-hybridized carbons (Fsp3) is 0.250. The van der Waals surface area contributed by atoms with Gasteiger partial charge in [-0.05, 0) is 18.1 Å². The minimum atomic E-state index is -0.0901. The molecule has 1 atom stereocenters. The SMILES string of the molecule is O=C1CC[C@H](/C=C/c2ccccc2)O1. The number of hydrogen-bond donors (Lipinski definition) is 0. The second kappa shape index (κ2) is 4.09. The van der Waals surface area contributed by atoms with Crippen LogP contribution >= 0.6 is 0 Å². The first kappa shape index (κ1) is 9.00. The van der Waals surface area contributed by atoms with Gasteiger partial charge in [-0.1, -0.05) is 36.4 Å². The van der Waals surface area contributed by atoms with E-state index in [0.717, 1.165) is 12.0 Å². The van der Waals surface area contributed by atoms with Crippen molar-refractivity contribution in [1.29, 1.82) is 0 Å². The van der Waals surface area contributed by atoms with Gasteiger partial charge in [0, 0.05) is 6.42 Å². The van der Waals surface area contributed by atoms with Gasteiger partial charge < -0.3 is 4.74 Å². The Morgan fingerprint density at radius 1 is 1.29 bits per heavy atom. The second-order valence-corrected chi connectivity index (χ2v) is 3.34. The number of esters is 1. The standard InChI is InChI=1S/C12H12O2/c13-12-9-8-11(14-12)7-6-10-4-2-1-3-5-10/h1-7,11H,8-9H2/b7-6+/t11-/m0/s1. The predicted molar refractivity (Wildman–Crippen MR) is 54.6 cm³/mol. The maximum Gasteiger partial charge on any atom is 0.306 e. The van der Waals surface area contributed by atoms with Gasteiger partial charge in [-0.2, -0.15) is 0 Å². The molecule has 1 saturated heterocycles. The van der Waals surface area contributed by atoms with Crippen LogP contribution in [0.4, 0.5) is 0 Å². The van der Waals surface area contributed by atoms with Gasteiger partial charge in [0.2, 0.25) is 0 Å². The lowest BCUT2D eigenvalue weighted by Crippen LogP contribution is -2.01. The Bertz CT molecular complexity index is 341. The summed E-state index contributed by atoms with van der Waals surface area (Å²) >= 11 is 0. The maximum absolute atomic E-state index is 10.8. The minimum Gasteiger partial charge on any atom is -0.458 e. The molecule has 14 heavy (non-hydrogen) atoms. The lowest BCUT2D eigenvalue weighted by atomic mass is 10.1. The molecule has 0 aliphatic carbocycles. The van der Waals surface area contributed by atoms with Crippen molar-refractivity contribution >= 4 is 12.0 Å². The summed E-state index contributed by atoms with van der Waals surface area (Å²) in [6, 6.07) is 9.99. The Morgan fingerprint density at radius 3 is 2.71 bits per heavy atom. The van der Waals surface area contributed by atoms with Crippen LogP contribution in [0, 0.1) is 0 Å². The Morgan fingerprint density at radius 2 is 2.07 bits per heavy atom. The van der Waals surface area contributed by atoms with Gasteiger partial charge in [-0.3, -0.25) is 4.79 Å². The highest BCUT2D eigenvalue weighted by Gasteiger charge is 2.20. The van der Waals surface area contributed by atoms with Crippen LogP contribution in [0.5, 0.6) is 0 Å². The molecule has 1 aliphatic heterocycles. The van der Waals surface area contributed by atoms with E-state index in [1.54, 1.807) is 0 Å². The number of carbonyl (C=O) groups excluding carboxylic acids is 1. The third-order valence-electron chi connectivity index (χ3n) is 2.22. The average molecular weight is 188 g/mol. The van der Waals surface area contributed by atoms with Crippen molar-refractivity contribution < 1.29 is 9.53 Å². The highest BCUT2D eigenvalue weighted by atomic mass is 16.5. The van der Waals surface area contributed by atoms with Crippen molar-refractivity contribution in [3.8, 4) is 0 Å². The first-order valence-electron chi connectivity index (χ1n) is 4.77. The van der Waals surface area contributed by atoms with E-state index in [2.05, 4.69) is 0 Å². The third kappa shape index (κ3) is 2.22. The maximum atomic E-state index is 10.8. The number of rotatable bonds is 2. The van der Waals surface area contributed by atoms with Gasteiger partial charge in [-0.15, -0.1) is 0 Å². The molecule has 1 heterocycles. The molecule has 0 spiro atoms. The molecule has 2 rings (SSSR count). The highest BCUT2D eigenvalue weighted by molar-refractivity contribution is 5.72. The summed E-state index contributed by atoms with van der Waals surface area (Å²) in [5.41, 5.74) is 1.13. The quantitative estimate of drug-likeness (QED) is 0.666. The summed E-state index contributed by atoms with van der Waals surface area (Å²) in [6.45, 7) is 0. The van der Waals surface area contributed by atoms with Crippen molar-refractivity contribution in [3.05, 3.63) is 42.0 Å². The van der Waals surface area contributed by atoms with Gasteiger partial charge in [0.15, 0.2) is 0 Å². The summed E-state index contributed by atoms with van der Waals surface area (Å²) in [5, 5.41) is 0. The van der Waals surface area contributed by atoms with Gasteiger partial charge in [-0.25, -0.2) is 0 Å². The van der Waals surface area contributed by atoms with Crippen molar-refractivity contribution in [2.45, 2.75) is 18.9 Å². The molecule has 1 aromatic rings. The van der Waals surface area contributed by atoms with Gasteiger partial charge in [0.1, 0.15) is 6.10 Å². The zero-order valence-electron chi connectivity index (χ0n) is 7.85. The molecule has 2 heteroatoms. The van der Waals surface area contributed by atoms with Crippen LogP contribution in [-0.2, 0) is 9.53 Å². The highest BCUT2D eigenvalue weighted by Crippen LogP contribution is 2.15. The normalized spacial score (nSPS) is 21.4. The molecule has 0 radical (unpaired) electrons. The summed E-state index contributed by atoms with van der Waals surface area (Å²) in [6.07, 6.45) is 5.26. The topological polar surface area (TPSA) is 26.3 Å². The lowest BCUT2D eigenvalue weighted by Gasteiger charge is -2.01. The van der Waals surface area contributed by atoms with Gasteiger partial charge in [0.05, 0.1) is 0 Å². The number of hydrogen-bond acceptors (Lipinski definition) is 2. The van der Waals surface area contributed by atoms with E-state index in [1.165, 1.54) is 0 Å². The fourth-order valence-electron chi connectivity index (χ4n) is 1.46. The van der Waals surface area contributed by atoms with Crippen molar-refractivity contribution in [1.82, 2.24) is 0 Å². The smallest absolute Gasteiger partial charge is 0.306 e. The molecule has 1 aliphatic rings. The third-order valence-corrected chi connectivity index (χ3v) is 2.22. The molecule has 72 valence electrons. The number of ether oxygens (including phenoxy) is 1. The Kier molecular flexibility index (Phi) is 2.63. The molecule has 1 aromatic carbocycles. The van der Waals surface area contributed by atoms with Gasteiger partial charge >= 0.3 is 5.97 Å². The summed E-state index contributed by atoms with van der Waals surface area (Å²) < 4.78 is 5.06. The van der Waals surface area contributed by atoms with Crippen LogP contribution in [-0.4, -0.2) is 12.1 Å². The van der Waals surface area contributed by atoms with E-state index in [-0.39, 0.29) is 12.1 Å². The number of carbonyl (C=O) groups is 1. The second-order valence-electron chi connectivity index (χ2n) is 3.34. The Labute approximate surface area is 83.2 Å². The molecule has 1 fully saturated rings. The molecule has 0 saturated carbocycles. The molecular weight excluding hydrogens is 176 g/mol. The van der Waals surface area contributed by atoms with Crippen LogP contribution in [0.2, 0.25) is 0 Å². The van der Waals surface area contributed by atoms with Crippen LogP contribution in [0.3, 0.4) is 0 Å². The van der Waals surface area contributed by atoms with Crippen LogP contribution in [0.15, 0.2) is 36.4 Å². The molecule has 0 amide bonds. The zero-order chi connectivity index (χ0) is 9.80. The van der Waals surface area contributed by atoms with E-state index >= 15 is 0 Å². The summed E-state index contributed by atoms with van der Waals surface area (Å²) in [4.78, 5) is 10.8. The number of cyclic esters (lactones) is 1. The average Bonchev–Trinajstić information content (AvgIpc) is 2.63. The summed E-state index contributed by atoms with van der Waals surface area (Å²) in [7, 11) is 0. The fourth-order valence-corrected chi connectivity index (χ4v) is 1.46. The van der Waals surface area contributed by atoms with E-state index in [1.807, 2.05) is 42.5 Å². The lowest BCUT2D eigenvalue weighted by molar-refractivity contribution is -0.139. The zero-order valence-corrected chi connectivity index (χ0v) is 7.85. The van der Waals surface area contributed by atoms with E-state index in [4.69, 9.17) is 4.74 Å². The molecule has 0 N–H and O–H groups in total. The van der Waals surface area contributed by atoms with Crippen molar-refractivity contribution in [2.75, 3.05) is 0 Å². The van der Waals surface area contributed by atoms with Crippen molar-refractivity contribution in [3.63, 3.8) is 0 Å². The van der Waals surface area contributed by atoms with Crippen molar-refractivity contribution in [2.24, 2.45) is 0 Å². The van der Waals surface area contributed by atoms with E-state index in [9.17, 15) is 4.79 Å². The van der Waals surface area contributed by atoms with Crippen LogP contribution in [0.25, 0.3) is 6.08 Å². The molecule has 0 bridgehead atoms. The predicted octanol–water partition coefficient (Wildman–Crippen LogP) is 2.41. The Hall–Kier alpha value is -1.57. The van der Waals surface area contributed by atoms with Crippen LogP contribution in [0.1, 0.15) is 18.4 Å². The van der Waals surface area contributed by atoms with Crippen LogP contribution < -0.4 is 0 Å². The largest absolute Gasteiger partial charge is 0.458 e. The van der Waals surface area contributed by atoms with E-state index < -0.39 is 0 Å². The number of benzene rings is 1. The summed E-state index contributed by atoms with van der Waals surface area (Å²) in [5.74, 6) is -0.0901.